The van der Waals surface area contributed by atoms with Crippen molar-refractivity contribution in [1.29, 1.82) is 0 Å². The highest BCUT2D eigenvalue weighted by molar-refractivity contribution is 6.04. The topological polar surface area (TPSA) is 72.5 Å². The van der Waals surface area contributed by atoms with Crippen LogP contribution in [0.2, 0.25) is 0 Å². The second-order valence-electron chi connectivity index (χ2n) is 6.29. The number of hydrogen-bond acceptors (Lipinski definition) is 5. The molecular weight excluding hydrogens is 342 g/mol. The summed E-state index contributed by atoms with van der Waals surface area (Å²) in [5.74, 6) is 1.79. The summed E-state index contributed by atoms with van der Waals surface area (Å²) in [6.45, 7) is 2.94. The monoisotopic (exact) mass is 361 g/mol. The third-order valence-electron chi connectivity index (χ3n) is 4.25. The van der Waals surface area contributed by atoms with Gasteiger partial charge in [0, 0.05) is 24.5 Å². The number of fused-ring (bicyclic) bond motifs is 1. The zero-order valence-corrected chi connectivity index (χ0v) is 14.9. The summed E-state index contributed by atoms with van der Waals surface area (Å²) >= 11 is 0. The predicted octanol–water partition coefficient (Wildman–Crippen LogP) is 3.98. The highest BCUT2D eigenvalue weighted by Crippen LogP contribution is 2.34. The van der Waals surface area contributed by atoms with Crippen LogP contribution in [-0.4, -0.2) is 17.7 Å². The number of hydrogen-bond donors (Lipinski definition) is 2. The molecule has 1 aliphatic heterocycles. The Kier molecular flexibility index (Phi) is 4.61. The van der Waals surface area contributed by atoms with E-state index in [4.69, 9.17) is 9.47 Å². The van der Waals surface area contributed by atoms with Crippen LogP contribution >= 0.6 is 0 Å². The Morgan fingerprint density at radius 1 is 1.04 bits per heavy atom. The summed E-state index contributed by atoms with van der Waals surface area (Å²) in [7, 11) is 0. The number of aryl methyl sites for hydroxylation is 1. The molecule has 4 rings (SSSR count). The van der Waals surface area contributed by atoms with E-state index >= 15 is 0 Å². The molecule has 136 valence electrons. The highest BCUT2D eigenvalue weighted by atomic mass is 16.7. The Morgan fingerprint density at radius 2 is 1.85 bits per heavy atom. The smallest absolute Gasteiger partial charge is 0.257 e. The van der Waals surface area contributed by atoms with E-state index in [1.54, 1.807) is 36.5 Å². The minimum absolute atomic E-state index is 0.202. The number of carbonyl (C=O) groups is 1. The van der Waals surface area contributed by atoms with Crippen molar-refractivity contribution < 1.29 is 14.3 Å². The Hall–Kier alpha value is -3.54. The lowest BCUT2D eigenvalue weighted by atomic mass is 10.1. The van der Waals surface area contributed by atoms with Crippen molar-refractivity contribution in [3.8, 4) is 11.5 Å². The first-order valence-electron chi connectivity index (χ1n) is 8.64. The first-order valence-corrected chi connectivity index (χ1v) is 8.64. The molecule has 27 heavy (non-hydrogen) atoms. The van der Waals surface area contributed by atoms with Gasteiger partial charge in [0.2, 0.25) is 6.79 Å². The van der Waals surface area contributed by atoms with Crippen molar-refractivity contribution in [2.45, 2.75) is 13.5 Å². The number of ether oxygens (including phenoxy) is 2. The fraction of sp³-hybridized carbons (Fsp3) is 0.143. The number of anilines is 2. The largest absolute Gasteiger partial charge is 0.454 e. The number of nitrogens with zero attached hydrogens (tertiary/aromatic N) is 1. The van der Waals surface area contributed by atoms with Gasteiger partial charge in [-0.25, -0.2) is 4.98 Å². The molecule has 0 saturated carbocycles. The van der Waals surface area contributed by atoms with Gasteiger partial charge in [-0.1, -0.05) is 29.8 Å². The quantitative estimate of drug-likeness (QED) is 0.719. The van der Waals surface area contributed by atoms with E-state index in [1.807, 2.05) is 0 Å². The molecule has 1 aromatic heterocycles. The molecule has 2 aromatic carbocycles. The second kappa shape index (κ2) is 7.37. The van der Waals surface area contributed by atoms with Crippen molar-refractivity contribution in [3.63, 3.8) is 0 Å². The third kappa shape index (κ3) is 4.00. The zero-order valence-electron chi connectivity index (χ0n) is 14.9. The van der Waals surface area contributed by atoms with Gasteiger partial charge in [0.15, 0.2) is 11.5 Å². The van der Waals surface area contributed by atoms with Crippen molar-refractivity contribution in [2.75, 3.05) is 17.4 Å². The number of carbonyl (C=O) groups excluding carboxylic acids is 1. The number of pyridine rings is 1. The lowest BCUT2D eigenvalue weighted by Gasteiger charge is -2.08. The summed E-state index contributed by atoms with van der Waals surface area (Å²) in [4.78, 5) is 16.7. The highest BCUT2D eigenvalue weighted by Gasteiger charge is 2.14. The molecule has 3 aromatic rings. The van der Waals surface area contributed by atoms with E-state index in [-0.39, 0.29) is 12.7 Å². The van der Waals surface area contributed by atoms with Gasteiger partial charge in [0.05, 0.1) is 5.56 Å². The molecule has 0 aliphatic carbocycles. The van der Waals surface area contributed by atoms with Gasteiger partial charge in [-0.3, -0.25) is 4.79 Å². The lowest BCUT2D eigenvalue weighted by molar-refractivity contribution is 0.102. The number of benzene rings is 2. The summed E-state index contributed by atoms with van der Waals surface area (Å²) in [5.41, 5.74) is 3.53. The fourth-order valence-electron chi connectivity index (χ4n) is 2.71. The molecule has 0 bridgehead atoms. The minimum Gasteiger partial charge on any atom is -0.454 e. The summed E-state index contributed by atoms with van der Waals surface area (Å²) in [6, 6.07) is 17.1. The predicted molar refractivity (Wildman–Crippen MR) is 103 cm³/mol. The number of aromatic nitrogens is 1. The average Bonchev–Trinajstić information content (AvgIpc) is 3.16. The minimum atomic E-state index is -0.230. The second-order valence-corrected chi connectivity index (χ2v) is 6.29. The van der Waals surface area contributed by atoms with E-state index in [0.717, 1.165) is 5.82 Å². The Balaban J connectivity index is 1.36. The van der Waals surface area contributed by atoms with Crippen molar-refractivity contribution in [1.82, 2.24) is 4.98 Å². The van der Waals surface area contributed by atoms with Gasteiger partial charge < -0.3 is 20.1 Å². The molecule has 0 saturated heterocycles. The van der Waals surface area contributed by atoms with E-state index in [1.165, 1.54) is 11.1 Å². The maximum Gasteiger partial charge on any atom is 0.257 e. The molecule has 0 spiro atoms. The van der Waals surface area contributed by atoms with Crippen LogP contribution in [0.5, 0.6) is 11.5 Å². The van der Waals surface area contributed by atoms with Crippen LogP contribution in [0.15, 0.2) is 60.8 Å². The van der Waals surface area contributed by atoms with Gasteiger partial charge in [-0.05, 0) is 36.8 Å². The average molecular weight is 361 g/mol. The Morgan fingerprint density at radius 3 is 2.63 bits per heavy atom. The normalized spacial score (nSPS) is 11.9. The lowest BCUT2D eigenvalue weighted by Crippen LogP contribution is -2.12. The van der Waals surface area contributed by atoms with Crippen LogP contribution in [0.4, 0.5) is 11.5 Å². The SMILES string of the molecule is Cc1ccc(CNc2ccc(C(=O)Nc3ccc4c(c3)OCO4)cn2)cc1. The van der Waals surface area contributed by atoms with Gasteiger partial charge in [0.25, 0.3) is 5.91 Å². The Bertz CT molecular complexity index is 953. The van der Waals surface area contributed by atoms with Crippen LogP contribution in [0.1, 0.15) is 21.5 Å². The van der Waals surface area contributed by atoms with Crippen molar-refractivity contribution >= 4 is 17.4 Å². The van der Waals surface area contributed by atoms with Gasteiger partial charge in [-0.2, -0.15) is 0 Å². The molecule has 6 heteroatoms. The summed E-state index contributed by atoms with van der Waals surface area (Å²) < 4.78 is 10.6. The number of amides is 1. The molecule has 2 N–H and O–H groups in total. The Labute approximate surface area is 157 Å². The van der Waals surface area contributed by atoms with E-state index < -0.39 is 0 Å². The van der Waals surface area contributed by atoms with E-state index in [9.17, 15) is 4.79 Å². The maximum absolute atomic E-state index is 12.4. The van der Waals surface area contributed by atoms with Crippen LogP contribution in [-0.2, 0) is 6.54 Å². The summed E-state index contributed by atoms with van der Waals surface area (Å²) in [6.07, 6.45) is 1.56. The van der Waals surface area contributed by atoms with Crippen molar-refractivity contribution in [3.05, 3.63) is 77.5 Å². The molecule has 0 fully saturated rings. The van der Waals surface area contributed by atoms with Crippen LogP contribution in [0, 0.1) is 6.92 Å². The van der Waals surface area contributed by atoms with Crippen LogP contribution in [0.3, 0.4) is 0 Å². The first-order chi connectivity index (χ1) is 13.2. The summed E-state index contributed by atoms with van der Waals surface area (Å²) in [5, 5.41) is 6.09. The molecule has 6 nitrogen and oxygen atoms in total. The standard InChI is InChI=1S/C21H19N3O3/c1-14-2-4-15(5-3-14)11-22-20-9-6-16(12-23-20)21(25)24-17-7-8-18-19(10-17)27-13-26-18/h2-10,12H,11,13H2,1H3,(H,22,23)(H,24,25). The molecular formula is C21H19N3O3. The molecule has 2 heterocycles. The van der Waals surface area contributed by atoms with Crippen LogP contribution < -0.4 is 20.1 Å². The zero-order chi connectivity index (χ0) is 18.6. The molecule has 0 unspecified atom stereocenters. The van der Waals surface area contributed by atoms with Crippen LogP contribution in [0.25, 0.3) is 0 Å². The number of nitrogens with one attached hydrogen (secondary N) is 2. The molecule has 1 aliphatic rings. The van der Waals surface area contributed by atoms with Gasteiger partial charge >= 0.3 is 0 Å². The van der Waals surface area contributed by atoms with Crippen molar-refractivity contribution in [2.24, 2.45) is 0 Å². The van der Waals surface area contributed by atoms with Gasteiger partial charge in [-0.15, -0.1) is 0 Å². The fourth-order valence-corrected chi connectivity index (χ4v) is 2.71. The number of rotatable bonds is 5. The molecule has 0 atom stereocenters. The third-order valence-corrected chi connectivity index (χ3v) is 4.25. The van der Waals surface area contributed by atoms with Gasteiger partial charge in [0.1, 0.15) is 5.82 Å². The molecule has 0 radical (unpaired) electrons. The first kappa shape index (κ1) is 16.9. The van der Waals surface area contributed by atoms with E-state index in [2.05, 4.69) is 46.8 Å². The van der Waals surface area contributed by atoms with E-state index in [0.29, 0.717) is 29.3 Å². The molecule has 1 amide bonds. The maximum atomic E-state index is 12.4.